The molecule has 0 radical (unpaired) electrons. The monoisotopic (exact) mass is 478 g/mol. The summed E-state index contributed by atoms with van der Waals surface area (Å²) in [6.07, 6.45) is 1.82. The Balaban J connectivity index is 1.71. The number of benzene rings is 3. The topological polar surface area (TPSA) is 51.1 Å². The molecule has 0 saturated carbocycles. The number of rotatable bonds is 7. The SMILES string of the molecule is CCOc1ccc(Cl)cc1/C=C1\SC(=Nc2ccccc2)N(Cc2ccc(OC)cc2)C1=O. The van der Waals surface area contributed by atoms with E-state index in [1.54, 1.807) is 24.1 Å². The van der Waals surface area contributed by atoms with Gasteiger partial charge in [0, 0.05) is 10.6 Å². The van der Waals surface area contributed by atoms with Crippen LogP contribution in [0, 0.1) is 0 Å². The first-order valence-corrected chi connectivity index (χ1v) is 11.7. The van der Waals surface area contributed by atoms with E-state index >= 15 is 0 Å². The summed E-state index contributed by atoms with van der Waals surface area (Å²) in [6, 6.07) is 22.7. The highest BCUT2D eigenvalue weighted by Gasteiger charge is 2.33. The average Bonchev–Trinajstić information content (AvgIpc) is 3.11. The smallest absolute Gasteiger partial charge is 0.267 e. The Morgan fingerprint density at radius 1 is 1.06 bits per heavy atom. The van der Waals surface area contributed by atoms with Crippen molar-refractivity contribution < 1.29 is 14.3 Å². The Bertz CT molecular complexity index is 1190. The van der Waals surface area contributed by atoms with E-state index in [2.05, 4.69) is 0 Å². The van der Waals surface area contributed by atoms with E-state index < -0.39 is 0 Å². The molecule has 5 nitrogen and oxygen atoms in total. The fraction of sp³-hybridized carbons (Fsp3) is 0.154. The van der Waals surface area contributed by atoms with Crippen molar-refractivity contribution >= 4 is 46.2 Å². The van der Waals surface area contributed by atoms with Crippen LogP contribution in [0.4, 0.5) is 5.69 Å². The van der Waals surface area contributed by atoms with Crippen molar-refractivity contribution in [2.24, 2.45) is 4.99 Å². The number of amidine groups is 1. The van der Waals surface area contributed by atoms with Crippen LogP contribution in [-0.4, -0.2) is 29.7 Å². The second kappa shape index (κ2) is 10.6. The van der Waals surface area contributed by atoms with Gasteiger partial charge in [0.2, 0.25) is 0 Å². The number of methoxy groups -OCH3 is 1. The molecule has 4 rings (SSSR count). The number of thioether (sulfide) groups is 1. The summed E-state index contributed by atoms with van der Waals surface area (Å²) in [5.74, 6) is 1.33. The quantitative estimate of drug-likeness (QED) is 0.361. The van der Waals surface area contributed by atoms with E-state index in [4.69, 9.17) is 26.1 Å². The molecule has 1 fully saturated rings. The molecule has 33 heavy (non-hydrogen) atoms. The van der Waals surface area contributed by atoms with Crippen LogP contribution in [0.2, 0.25) is 5.02 Å². The lowest BCUT2D eigenvalue weighted by Crippen LogP contribution is -2.28. The first kappa shape index (κ1) is 23.0. The lowest BCUT2D eigenvalue weighted by atomic mass is 10.1. The molecule has 0 aromatic heterocycles. The van der Waals surface area contributed by atoms with E-state index in [-0.39, 0.29) is 5.91 Å². The lowest BCUT2D eigenvalue weighted by molar-refractivity contribution is -0.122. The van der Waals surface area contributed by atoms with Crippen molar-refractivity contribution in [2.75, 3.05) is 13.7 Å². The van der Waals surface area contributed by atoms with Gasteiger partial charge >= 0.3 is 0 Å². The molecular weight excluding hydrogens is 456 g/mol. The minimum atomic E-state index is -0.118. The summed E-state index contributed by atoms with van der Waals surface area (Å²) in [7, 11) is 1.63. The Morgan fingerprint density at radius 3 is 2.52 bits per heavy atom. The van der Waals surface area contributed by atoms with Crippen molar-refractivity contribution in [1.82, 2.24) is 4.90 Å². The molecule has 3 aromatic rings. The zero-order valence-corrected chi connectivity index (χ0v) is 19.9. The number of hydrogen-bond acceptors (Lipinski definition) is 5. The number of para-hydroxylation sites is 1. The second-order valence-electron chi connectivity index (χ2n) is 7.20. The molecule has 7 heteroatoms. The Kier molecular flexibility index (Phi) is 7.37. The van der Waals surface area contributed by atoms with Gasteiger partial charge in [0.25, 0.3) is 5.91 Å². The summed E-state index contributed by atoms with van der Waals surface area (Å²) >= 11 is 7.55. The van der Waals surface area contributed by atoms with Gasteiger partial charge < -0.3 is 9.47 Å². The number of nitrogens with zero attached hydrogens (tertiary/aromatic N) is 2. The van der Waals surface area contributed by atoms with Gasteiger partial charge in [0.1, 0.15) is 11.5 Å². The van der Waals surface area contributed by atoms with E-state index in [1.165, 1.54) is 11.8 Å². The summed E-state index contributed by atoms with van der Waals surface area (Å²) in [6.45, 7) is 2.83. The van der Waals surface area contributed by atoms with Gasteiger partial charge in [-0.3, -0.25) is 9.69 Å². The molecule has 0 bridgehead atoms. The molecule has 0 unspecified atom stereocenters. The van der Waals surface area contributed by atoms with Crippen LogP contribution in [-0.2, 0) is 11.3 Å². The highest BCUT2D eigenvalue weighted by molar-refractivity contribution is 8.18. The molecule has 3 aromatic carbocycles. The van der Waals surface area contributed by atoms with E-state index in [9.17, 15) is 4.79 Å². The minimum Gasteiger partial charge on any atom is -0.497 e. The Hall–Kier alpha value is -3.22. The normalized spacial score (nSPS) is 16.0. The molecule has 1 heterocycles. The zero-order valence-electron chi connectivity index (χ0n) is 18.3. The molecule has 0 spiro atoms. The van der Waals surface area contributed by atoms with Crippen LogP contribution in [0.5, 0.6) is 11.5 Å². The van der Waals surface area contributed by atoms with Gasteiger partial charge in [0.15, 0.2) is 5.17 Å². The van der Waals surface area contributed by atoms with Crippen LogP contribution < -0.4 is 9.47 Å². The number of carbonyl (C=O) groups is 1. The van der Waals surface area contributed by atoms with Gasteiger partial charge in [0.05, 0.1) is 30.9 Å². The molecule has 0 N–H and O–H groups in total. The molecule has 0 aliphatic carbocycles. The maximum Gasteiger partial charge on any atom is 0.267 e. The van der Waals surface area contributed by atoms with Gasteiger partial charge in [-0.05, 0) is 72.8 Å². The van der Waals surface area contributed by atoms with E-state index in [0.717, 1.165) is 22.6 Å². The standard InChI is InChI=1S/C26H23ClN2O3S/c1-3-32-23-14-11-20(27)15-19(23)16-24-25(30)29(17-18-9-12-22(31-2)13-10-18)26(33-24)28-21-7-5-4-6-8-21/h4-16H,3,17H2,1-2H3/b24-16-,28-26?. The predicted octanol–water partition coefficient (Wildman–Crippen LogP) is 6.55. The number of amides is 1. The van der Waals surface area contributed by atoms with Gasteiger partial charge in [-0.2, -0.15) is 0 Å². The van der Waals surface area contributed by atoms with E-state index in [1.807, 2.05) is 73.7 Å². The summed E-state index contributed by atoms with van der Waals surface area (Å²) in [5.41, 5.74) is 2.52. The highest BCUT2D eigenvalue weighted by atomic mass is 35.5. The fourth-order valence-corrected chi connectivity index (χ4v) is 4.49. The van der Waals surface area contributed by atoms with Crippen LogP contribution in [0.15, 0.2) is 82.7 Å². The summed E-state index contributed by atoms with van der Waals surface area (Å²) < 4.78 is 11.0. The maximum atomic E-state index is 13.4. The number of ether oxygens (including phenoxy) is 2. The van der Waals surface area contributed by atoms with Crippen LogP contribution in [0.25, 0.3) is 6.08 Å². The van der Waals surface area contributed by atoms with Gasteiger partial charge in [-0.25, -0.2) is 4.99 Å². The van der Waals surface area contributed by atoms with Gasteiger partial charge in [-0.1, -0.05) is 41.9 Å². The van der Waals surface area contributed by atoms with Crippen LogP contribution in [0.1, 0.15) is 18.1 Å². The fourth-order valence-electron chi connectivity index (χ4n) is 3.32. The predicted molar refractivity (Wildman–Crippen MR) is 135 cm³/mol. The molecular formula is C26H23ClN2O3S. The second-order valence-corrected chi connectivity index (χ2v) is 8.64. The molecule has 0 atom stereocenters. The number of halogens is 1. The number of aliphatic imine (C=N–C) groups is 1. The van der Waals surface area contributed by atoms with Crippen molar-refractivity contribution in [2.45, 2.75) is 13.5 Å². The molecule has 1 amide bonds. The summed E-state index contributed by atoms with van der Waals surface area (Å²) in [4.78, 5) is 20.4. The summed E-state index contributed by atoms with van der Waals surface area (Å²) in [5, 5.41) is 1.20. The Labute approximate surface area is 202 Å². The third-order valence-corrected chi connectivity index (χ3v) is 6.17. The van der Waals surface area contributed by atoms with Crippen molar-refractivity contribution in [3.63, 3.8) is 0 Å². The van der Waals surface area contributed by atoms with E-state index in [0.29, 0.717) is 34.0 Å². The molecule has 1 saturated heterocycles. The zero-order chi connectivity index (χ0) is 23.2. The largest absolute Gasteiger partial charge is 0.497 e. The third-order valence-electron chi connectivity index (χ3n) is 4.93. The number of hydrogen-bond donors (Lipinski definition) is 0. The molecule has 168 valence electrons. The van der Waals surface area contributed by atoms with Crippen molar-refractivity contribution in [3.8, 4) is 11.5 Å². The van der Waals surface area contributed by atoms with Crippen molar-refractivity contribution in [3.05, 3.63) is 93.9 Å². The first-order chi connectivity index (χ1) is 16.1. The van der Waals surface area contributed by atoms with Gasteiger partial charge in [-0.15, -0.1) is 0 Å². The first-order valence-electron chi connectivity index (χ1n) is 10.5. The number of carbonyl (C=O) groups excluding carboxylic acids is 1. The van der Waals surface area contributed by atoms with Crippen LogP contribution in [0.3, 0.4) is 0 Å². The minimum absolute atomic E-state index is 0.118. The molecule has 1 aliphatic heterocycles. The third kappa shape index (κ3) is 5.59. The molecule has 1 aliphatic rings. The average molecular weight is 479 g/mol. The van der Waals surface area contributed by atoms with Crippen LogP contribution >= 0.6 is 23.4 Å². The lowest BCUT2D eigenvalue weighted by Gasteiger charge is -2.16. The highest BCUT2D eigenvalue weighted by Crippen LogP contribution is 2.37. The maximum absolute atomic E-state index is 13.4. The van der Waals surface area contributed by atoms with Crippen molar-refractivity contribution in [1.29, 1.82) is 0 Å². The Morgan fingerprint density at radius 2 is 1.82 bits per heavy atom.